The van der Waals surface area contributed by atoms with Gasteiger partial charge in [-0.15, -0.1) is 0 Å². The first-order valence-electron chi connectivity index (χ1n) is 5.89. The molecule has 0 saturated carbocycles. The van der Waals surface area contributed by atoms with Gasteiger partial charge in [0.15, 0.2) is 9.84 Å². The van der Waals surface area contributed by atoms with Gasteiger partial charge >= 0.3 is 0 Å². The lowest BCUT2D eigenvalue weighted by molar-refractivity contribution is -0.116. The summed E-state index contributed by atoms with van der Waals surface area (Å²) in [6.45, 7) is 0. The third kappa shape index (κ3) is 4.17. The van der Waals surface area contributed by atoms with Crippen LogP contribution < -0.4 is 5.32 Å². The van der Waals surface area contributed by atoms with E-state index in [1.54, 1.807) is 18.2 Å². The monoisotopic (exact) mass is 283 g/mol. The second-order valence-electron chi connectivity index (χ2n) is 4.49. The normalized spacial score (nSPS) is 21.6. The maximum absolute atomic E-state index is 12.7. The number of carbonyl (C=O) groups is 1. The quantitative estimate of drug-likeness (QED) is 0.846. The summed E-state index contributed by atoms with van der Waals surface area (Å²) in [6, 6.07) is 5.41. The van der Waals surface area contributed by atoms with E-state index in [4.69, 9.17) is 0 Å². The number of hydrogen-bond acceptors (Lipinski definition) is 3. The molecule has 102 valence electrons. The Kier molecular flexibility index (Phi) is 3.99. The molecule has 1 N–H and O–H groups in total. The Morgan fingerprint density at radius 3 is 2.58 bits per heavy atom. The minimum atomic E-state index is -2.99. The zero-order valence-electron chi connectivity index (χ0n) is 10.2. The molecule has 1 unspecified atom stereocenters. The summed E-state index contributed by atoms with van der Waals surface area (Å²) in [6.07, 6.45) is 3.33. The molecule has 1 aromatic carbocycles. The topological polar surface area (TPSA) is 63.2 Å². The third-order valence-corrected chi connectivity index (χ3v) is 4.64. The van der Waals surface area contributed by atoms with E-state index in [1.165, 1.54) is 18.2 Å². The summed E-state index contributed by atoms with van der Waals surface area (Å²) in [5, 5.41) is 2.64. The standard InChI is InChI=1S/C13H14FNO3S/c14-11-4-1-10(2-5-11)3-6-13(16)15-12-7-8-19(17,18)9-12/h1-6,12H,7-9H2,(H,15,16). The molecule has 1 amide bonds. The Morgan fingerprint density at radius 2 is 2.00 bits per heavy atom. The predicted molar refractivity (Wildman–Crippen MR) is 70.6 cm³/mol. The summed E-state index contributed by atoms with van der Waals surface area (Å²) in [5.41, 5.74) is 0.704. The van der Waals surface area contributed by atoms with Crippen LogP contribution in [0.4, 0.5) is 4.39 Å². The van der Waals surface area contributed by atoms with E-state index >= 15 is 0 Å². The smallest absolute Gasteiger partial charge is 0.244 e. The molecule has 0 aliphatic carbocycles. The Labute approximate surface area is 111 Å². The SMILES string of the molecule is O=C(C=Cc1ccc(F)cc1)NC1CCS(=O)(=O)C1. The number of carbonyl (C=O) groups excluding carboxylic acids is 1. The van der Waals surface area contributed by atoms with Crippen LogP contribution in [-0.4, -0.2) is 31.9 Å². The highest BCUT2D eigenvalue weighted by molar-refractivity contribution is 7.91. The lowest BCUT2D eigenvalue weighted by Gasteiger charge is -2.07. The maximum atomic E-state index is 12.7. The van der Waals surface area contributed by atoms with Crippen molar-refractivity contribution in [3.05, 3.63) is 41.7 Å². The predicted octanol–water partition coefficient (Wildman–Crippen LogP) is 1.14. The molecule has 1 aromatic rings. The van der Waals surface area contributed by atoms with Crippen molar-refractivity contribution in [2.45, 2.75) is 12.5 Å². The maximum Gasteiger partial charge on any atom is 0.244 e. The molecule has 1 aliphatic rings. The zero-order valence-corrected chi connectivity index (χ0v) is 11.0. The van der Waals surface area contributed by atoms with E-state index in [-0.39, 0.29) is 29.3 Å². The largest absolute Gasteiger partial charge is 0.349 e. The first-order chi connectivity index (χ1) is 8.94. The van der Waals surface area contributed by atoms with Gasteiger partial charge in [-0.1, -0.05) is 12.1 Å². The first-order valence-corrected chi connectivity index (χ1v) is 7.71. The highest BCUT2D eigenvalue weighted by Crippen LogP contribution is 2.11. The Hall–Kier alpha value is -1.69. The van der Waals surface area contributed by atoms with Crippen LogP contribution in [0.25, 0.3) is 6.08 Å². The fraction of sp³-hybridized carbons (Fsp3) is 0.308. The van der Waals surface area contributed by atoms with E-state index in [0.717, 1.165) is 0 Å². The molecule has 0 radical (unpaired) electrons. The van der Waals surface area contributed by atoms with Crippen LogP contribution in [-0.2, 0) is 14.6 Å². The summed E-state index contributed by atoms with van der Waals surface area (Å²) >= 11 is 0. The van der Waals surface area contributed by atoms with Gasteiger partial charge in [-0.25, -0.2) is 12.8 Å². The van der Waals surface area contributed by atoms with E-state index < -0.39 is 9.84 Å². The summed E-state index contributed by atoms with van der Waals surface area (Å²) in [7, 11) is -2.99. The number of halogens is 1. The molecular formula is C13H14FNO3S. The van der Waals surface area contributed by atoms with Crippen molar-refractivity contribution in [1.82, 2.24) is 5.32 Å². The highest BCUT2D eigenvalue weighted by Gasteiger charge is 2.28. The van der Waals surface area contributed by atoms with E-state index in [0.29, 0.717) is 12.0 Å². The number of amides is 1. The van der Waals surface area contributed by atoms with Crippen molar-refractivity contribution in [2.75, 3.05) is 11.5 Å². The minimum Gasteiger partial charge on any atom is -0.349 e. The molecule has 6 heteroatoms. The minimum absolute atomic E-state index is 0.00310. The molecule has 0 aromatic heterocycles. The van der Waals surface area contributed by atoms with Crippen LogP contribution in [0.15, 0.2) is 30.3 Å². The van der Waals surface area contributed by atoms with Crippen LogP contribution in [0.3, 0.4) is 0 Å². The van der Waals surface area contributed by atoms with Gasteiger partial charge in [0.1, 0.15) is 5.82 Å². The van der Waals surface area contributed by atoms with Gasteiger partial charge in [-0.2, -0.15) is 0 Å². The van der Waals surface area contributed by atoms with Crippen LogP contribution in [0.2, 0.25) is 0 Å². The van der Waals surface area contributed by atoms with Crippen LogP contribution >= 0.6 is 0 Å². The molecule has 1 fully saturated rings. The van der Waals surface area contributed by atoms with Crippen LogP contribution in [0.1, 0.15) is 12.0 Å². The average Bonchev–Trinajstić information content (AvgIpc) is 2.68. The molecular weight excluding hydrogens is 269 g/mol. The van der Waals surface area contributed by atoms with Crippen LogP contribution in [0.5, 0.6) is 0 Å². The van der Waals surface area contributed by atoms with Gasteiger partial charge < -0.3 is 5.32 Å². The molecule has 0 spiro atoms. The lowest BCUT2D eigenvalue weighted by Crippen LogP contribution is -2.34. The number of rotatable bonds is 3. The molecule has 1 saturated heterocycles. The van der Waals surface area contributed by atoms with Crippen molar-refractivity contribution in [1.29, 1.82) is 0 Å². The van der Waals surface area contributed by atoms with Crippen molar-refractivity contribution < 1.29 is 17.6 Å². The molecule has 0 bridgehead atoms. The summed E-state index contributed by atoms with van der Waals surface area (Å²) in [5.74, 6) is -0.549. The first kappa shape index (κ1) is 13.7. The second-order valence-corrected chi connectivity index (χ2v) is 6.72. The number of nitrogens with one attached hydrogen (secondary N) is 1. The van der Waals surface area contributed by atoms with Gasteiger partial charge in [0.05, 0.1) is 11.5 Å². The van der Waals surface area contributed by atoms with Gasteiger partial charge in [0.2, 0.25) is 5.91 Å². The fourth-order valence-corrected chi connectivity index (χ4v) is 3.58. The Balaban J connectivity index is 1.89. The number of hydrogen-bond donors (Lipinski definition) is 1. The molecule has 2 rings (SSSR count). The molecule has 1 aliphatic heterocycles. The van der Waals surface area contributed by atoms with E-state index in [2.05, 4.69) is 5.32 Å². The van der Waals surface area contributed by atoms with Gasteiger partial charge in [0.25, 0.3) is 0 Å². The Morgan fingerprint density at radius 1 is 1.32 bits per heavy atom. The summed E-state index contributed by atoms with van der Waals surface area (Å²) < 4.78 is 35.1. The van der Waals surface area contributed by atoms with E-state index in [1.807, 2.05) is 0 Å². The number of benzene rings is 1. The Bertz CT molecular complexity index is 593. The lowest BCUT2D eigenvalue weighted by atomic mass is 10.2. The van der Waals surface area contributed by atoms with Gasteiger partial charge in [-0.05, 0) is 30.2 Å². The van der Waals surface area contributed by atoms with Crippen molar-refractivity contribution in [2.24, 2.45) is 0 Å². The third-order valence-electron chi connectivity index (χ3n) is 2.88. The molecule has 4 nitrogen and oxygen atoms in total. The van der Waals surface area contributed by atoms with Crippen molar-refractivity contribution >= 4 is 21.8 Å². The second kappa shape index (κ2) is 5.52. The number of sulfone groups is 1. The molecule has 1 atom stereocenters. The molecule has 19 heavy (non-hydrogen) atoms. The zero-order chi connectivity index (χ0) is 13.9. The average molecular weight is 283 g/mol. The van der Waals surface area contributed by atoms with Crippen molar-refractivity contribution in [3.8, 4) is 0 Å². The van der Waals surface area contributed by atoms with Crippen LogP contribution in [0, 0.1) is 5.82 Å². The highest BCUT2D eigenvalue weighted by atomic mass is 32.2. The molecule has 1 heterocycles. The fourth-order valence-electron chi connectivity index (χ4n) is 1.90. The van der Waals surface area contributed by atoms with Gasteiger partial charge in [0, 0.05) is 12.1 Å². The summed E-state index contributed by atoms with van der Waals surface area (Å²) in [4.78, 5) is 11.6. The van der Waals surface area contributed by atoms with Crippen molar-refractivity contribution in [3.63, 3.8) is 0 Å². The van der Waals surface area contributed by atoms with E-state index in [9.17, 15) is 17.6 Å². The van der Waals surface area contributed by atoms with Gasteiger partial charge in [-0.3, -0.25) is 4.79 Å².